The van der Waals surface area contributed by atoms with Crippen LogP contribution in [0.3, 0.4) is 0 Å². The first kappa shape index (κ1) is 13.8. The van der Waals surface area contributed by atoms with Crippen LogP contribution in [-0.4, -0.2) is 14.9 Å². The van der Waals surface area contributed by atoms with E-state index in [-0.39, 0.29) is 0 Å². The first-order valence-electron chi connectivity index (χ1n) is 7.02. The van der Waals surface area contributed by atoms with Gasteiger partial charge in [-0.1, -0.05) is 50.6 Å². The molecular weight excluding hydrogens is 236 g/mol. The second-order valence-corrected chi connectivity index (χ2v) is 4.92. The van der Waals surface area contributed by atoms with E-state index in [1.54, 1.807) is 6.20 Å². The number of aryl methyl sites for hydroxylation is 1. The number of hydrogen-bond donors (Lipinski definition) is 1. The normalized spacial score (nSPS) is 14.3. The molecule has 1 aromatic heterocycles. The van der Waals surface area contributed by atoms with Crippen molar-refractivity contribution >= 4 is 0 Å². The molecule has 1 atom stereocenters. The second-order valence-electron chi connectivity index (χ2n) is 4.92. The maximum atomic E-state index is 11.2. The predicted molar refractivity (Wildman–Crippen MR) is 76.9 cm³/mol. The van der Waals surface area contributed by atoms with E-state index in [1.165, 1.54) is 0 Å². The van der Waals surface area contributed by atoms with Gasteiger partial charge in [0.05, 0.1) is 5.69 Å². The second kappa shape index (κ2) is 6.02. The van der Waals surface area contributed by atoms with Crippen molar-refractivity contribution in [1.29, 1.82) is 0 Å². The molecule has 2 rings (SSSR count). The topological polar surface area (TPSA) is 38.0 Å². The summed E-state index contributed by atoms with van der Waals surface area (Å²) in [4.78, 5) is 0. The van der Waals surface area contributed by atoms with Gasteiger partial charge < -0.3 is 5.11 Å². The molecule has 19 heavy (non-hydrogen) atoms. The molecule has 0 aliphatic carbocycles. The Hall–Kier alpha value is -1.61. The van der Waals surface area contributed by atoms with E-state index in [4.69, 9.17) is 0 Å². The Balaban J connectivity index is 2.47. The lowest BCUT2D eigenvalue weighted by Crippen LogP contribution is -2.30. The van der Waals surface area contributed by atoms with Crippen molar-refractivity contribution in [3.05, 3.63) is 53.9 Å². The molecule has 3 heteroatoms. The predicted octanol–water partition coefficient (Wildman–Crippen LogP) is 3.33. The van der Waals surface area contributed by atoms with Gasteiger partial charge in [0.2, 0.25) is 0 Å². The van der Waals surface area contributed by atoms with Crippen molar-refractivity contribution in [3.8, 4) is 0 Å². The van der Waals surface area contributed by atoms with E-state index in [9.17, 15) is 5.11 Å². The van der Waals surface area contributed by atoms with E-state index in [1.807, 2.05) is 41.1 Å². The Morgan fingerprint density at radius 2 is 1.84 bits per heavy atom. The van der Waals surface area contributed by atoms with Gasteiger partial charge >= 0.3 is 0 Å². The maximum absolute atomic E-state index is 11.2. The van der Waals surface area contributed by atoms with Crippen molar-refractivity contribution in [3.63, 3.8) is 0 Å². The van der Waals surface area contributed by atoms with Gasteiger partial charge in [-0.15, -0.1) is 0 Å². The minimum atomic E-state index is -0.943. The Bertz CT molecular complexity index is 506. The van der Waals surface area contributed by atoms with Gasteiger partial charge in [0.15, 0.2) is 0 Å². The number of aromatic nitrogens is 2. The highest BCUT2D eigenvalue weighted by molar-refractivity contribution is 5.32. The summed E-state index contributed by atoms with van der Waals surface area (Å²) in [6.07, 6.45) is 4.40. The van der Waals surface area contributed by atoms with Crippen molar-refractivity contribution in [2.75, 3.05) is 0 Å². The van der Waals surface area contributed by atoms with Gasteiger partial charge in [-0.25, -0.2) is 0 Å². The number of nitrogens with zero attached hydrogens (tertiary/aromatic N) is 2. The molecule has 1 heterocycles. The average molecular weight is 258 g/mol. The fourth-order valence-corrected chi connectivity index (χ4v) is 2.57. The first-order valence-corrected chi connectivity index (χ1v) is 7.02. The summed E-state index contributed by atoms with van der Waals surface area (Å²) in [6.45, 7) is 5.04. The van der Waals surface area contributed by atoms with Crippen LogP contribution in [0.1, 0.15) is 44.4 Å². The number of hydrogen-bond acceptors (Lipinski definition) is 2. The summed E-state index contributed by atoms with van der Waals surface area (Å²) in [5.74, 6) is 0. The zero-order valence-corrected chi connectivity index (χ0v) is 11.7. The summed E-state index contributed by atoms with van der Waals surface area (Å²) >= 11 is 0. The average Bonchev–Trinajstić information content (AvgIpc) is 2.89. The molecule has 102 valence electrons. The van der Waals surface area contributed by atoms with E-state index < -0.39 is 5.60 Å². The summed E-state index contributed by atoms with van der Waals surface area (Å²) in [5, 5.41) is 15.5. The molecule has 0 saturated heterocycles. The highest BCUT2D eigenvalue weighted by atomic mass is 16.3. The molecule has 0 bridgehead atoms. The van der Waals surface area contributed by atoms with Gasteiger partial charge in [0.25, 0.3) is 0 Å². The largest absolute Gasteiger partial charge is 0.379 e. The van der Waals surface area contributed by atoms with Crippen molar-refractivity contribution < 1.29 is 5.11 Å². The maximum Gasteiger partial charge on any atom is 0.131 e. The van der Waals surface area contributed by atoms with Crippen LogP contribution < -0.4 is 0 Å². The Morgan fingerprint density at radius 1 is 1.11 bits per heavy atom. The molecule has 0 spiro atoms. The van der Waals surface area contributed by atoms with Gasteiger partial charge in [-0.05, 0) is 24.5 Å². The summed E-state index contributed by atoms with van der Waals surface area (Å²) < 4.78 is 1.92. The number of benzene rings is 1. The Labute approximate surface area is 114 Å². The van der Waals surface area contributed by atoms with Crippen LogP contribution in [0.4, 0.5) is 0 Å². The lowest BCUT2D eigenvalue weighted by atomic mass is 9.86. The van der Waals surface area contributed by atoms with E-state index >= 15 is 0 Å². The zero-order chi connectivity index (χ0) is 13.7. The lowest BCUT2D eigenvalue weighted by Gasteiger charge is -2.29. The van der Waals surface area contributed by atoms with Gasteiger partial charge in [0.1, 0.15) is 5.60 Å². The van der Waals surface area contributed by atoms with Crippen molar-refractivity contribution in [2.45, 2.75) is 45.3 Å². The van der Waals surface area contributed by atoms with Crippen LogP contribution in [0.15, 0.2) is 42.6 Å². The summed E-state index contributed by atoms with van der Waals surface area (Å²) in [6, 6.07) is 11.8. The summed E-state index contributed by atoms with van der Waals surface area (Å²) in [5.41, 5.74) is 0.888. The van der Waals surface area contributed by atoms with E-state index in [0.717, 1.165) is 30.6 Å². The van der Waals surface area contributed by atoms with Gasteiger partial charge in [0, 0.05) is 12.7 Å². The minimum Gasteiger partial charge on any atom is -0.379 e. The third-order valence-electron chi connectivity index (χ3n) is 3.44. The summed E-state index contributed by atoms with van der Waals surface area (Å²) in [7, 11) is 0. The Kier molecular flexibility index (Phi) is 4.38. The smallest absolute Gasteiger partial charge is 0.131 e. The highest BCUT2D eigenvalue weighted by Crippen LogP contribution is 2.33. The zero-order valence-electron chi connectivity index (χ0n) is 11.7. The molecule has 0 amide bonds. The van der Waals surface area contributed by atoms with Crippen LogP contribution in [0.5, 0.6) is 0 Å². The standard InChI is InChI=1S/C16H22N2O/c1-3-11-16(19,14-8-6-5-7-9-14)15-10-12-17-18(15)13-4-2/h5-10,12,19H,3-4,11,13H2,1-2H3. The molecule has 2 aromatic rings. The van der Waals surface area contributed by atoms with Crippen LogP contribution in [0.2, 0.25) is 0 Å². The quantitative estimate of drug-likeness (QED) is 0.863. The molecular formula is C16H22N2O. The third kappa shape index (κ3) is 2.71. The Morgan fingerprint density at radius 3 is 2.47 bits per heavy atom. The first-order chi connectivity index (χ1) is 9.22. The minimum absolute atomic E-state index is 0.701. The van der Waals surface area contributed by atoms with Gasteiger partial charge in [-0.2, -0.15) is 5.10 Å². The molecule has 0 aliphatic rings. The number of aliphatic hydroxyl groups is 1. The molecule has 0 radical (unpaired) electrons. The fourth-order valence-electron chi connectivity index (χ4n) is 2.57. The molecule has 1 N–H and O–H groups in total. The van der Waals surface area contributed by atoms with Crippen molar-refractivity contribution in [1.82, 2.24) is 9.78 Å². The lowest BCUT2D eigenvalue weighted by molar-refractivity contribution is 0.0603. The highest BCUT2D eigenvalue weighted by Gasteiger charge is 2.33. The van der Waals surface area contributed by atoms with Crippen LogP contribution in [0, 0.1) is 0 Å². The molecule has 1 aromatic carbocycles. The molecule has 0 saturated carbocycles. The molecule has 0 aliphatic heterocycles. The van der Waals surface area contributed by atoms with E-state index in [0.29, 0.717) is 6.42 Å². The van der Waals surface area contributed by atoms with E-state index in [2.05, 4.69) is 18.9 Å². The SMILES string of the molecule is CCCn1nccc1C(O)(CCC)c1ccccc1. The third-order valence-corrected chi connectivity index (χ3v) is 3.44. The number of rotatable bonds is 6. The molecule has 3 nitrogen and oxygen atoms in total. The monoisotopic (exact) mass is 258 g/mol. The molecule has 0 fully saturated rings. The molecule has 1 unspecified atom stereocenters. The van der Waals surface area contributed by atoms with Crippen LogP contribution in [0.25, 0.3) is 0 Å². The fraction of sp³-hybridized carbons (Fsp3) is 0.438. The van der Waals surface area contributed by atoms with Crippen molar-refractivity contribution in [2.24, 2.45) is 0 Å². The van der Waals surface area contributed by atoms with Crippen LogP contribution in [-0.2, 0) is 12.1 Å². The van der Waals surface area contributed by atoms with Gasteiger partial charge in [-0.3, -0.25) is 4.68 Å². The van der Waals surface area contributed by atoms with Crippen LogP contribution >= 0.6 is 0 Å².